The Morgan fingerprint density at radius 1 is 1.12 bits per heavy atom. The van der Waals surface area contributed by atoms with Gasteiger partial charge in [0.25, 0.3) is 11.8 Å². The molecule has 2 amide bonds. The summed E-state index contributed by atoms with van der Waals surface area (Å²) in [4.78, 5) is 26.7. The van der Waals surface area contributed by atoms with Gasteiger partial charge < -0.3 is 19.5 Å². The number of aromatic nitrogens is 1. The van der Waals surface area contributed by atoms with Crippen molar-refractivity contribution in [2.75, 3.05) is 7.05 Å². The molecule has 1 saturated carbocycles. The highest BCUT2D eigenvalue weighted by atomic mass is 16.5. The van der Waals surface area contributed by atoms with Gasteiger partial charge in [-0.2, -0.15) is 0 Å². The van der Waals surface area contributed by atoms with Crippen molar-refractivity contribution in [3.05, 3.63) is 82.2 Å². The number of hydrogen-bond acceptors (Lipinski definition) is 5. The third-order valence-corrected chi connectivity index (χ3v) is 5.54. The van der Waals surface area contributed by atoms with Crippen LogP contribution < -0.4 is 10.1 Å². The first-order valence-corrected chi connectivity index (χ1v) is 10.7. The monoisotopic (exact) mass is 433 g/mol. The molecule has 0 radical (unpaired) electrons. The standard InChI is InChI=1S/C25H27N3O4/c1-16-23(17(2)32-27-16)15-31-22-6-4-5-20(13-22)25(30)28(3)14-18-7-9-19(10-8-18)24(29)26-21-11-12-21/h4-10,13,21H,11-12,14-15H2,1-3H3,(H,26,29). The molecule has 1 aliphatic carbocycles. The molecule has 7 nitrogen and oxygen atoms in total. The minimum absolute atomic E-state index is 0.0446. The van der Waals surface area contributed by atoms with Crippen LogP contribution in [0.5, 0.6) is 5.75 Å². The van der Waals surface area contributed by atoms with Crippen LogP contribution in [0.1, 0.15) is 56.1 Å². The molecule has 7 heteroatoms. The second-order valence-electron chi connectivity index (χ2n) is 8.23. The van der Waals surface area contributed by atoms with Gasteiger partial charge >= 0.3 is 0 Å². The lowest BCUT2D eigenvalue weighted by atomic mass is 10.1. The zero-order valence-corrected chi connectivity index (χ0v) is 18.6. The van der Waals surface area contributed by atoms with Crippen molar-refractivity contribution in [1.29, 1.82) is 0 Å². The van der Waals surface area contributed by atoms with Gasteiger partial charge in [-0.3, -0.25) is 9.59 Å². The molecule has 1 aromatic heterocycles. The highest BCUT2D eigenvalue weighted by Crippen LogP contribution is 2.21. The molecule has 3 aromatic rings. The van der Waals surface area contributed by atoms with Gasteiger partial charge in [-0.1, -0.05) is 23.4 Å². The number of rotatable bonds is 8. The lowest BCUT2D eigenvalue weighted by Crippen LogP contribution is -2.27. The van der Waals surface area contributed by atoms with E-state index in [0.717, 1.165) is 35.4 Å². The maximum atomic E-state index is 12.9. The summed E-state index contributed by atoms with van der Waals surface area (Å²) >= 11 is 0. The molecule has 166 valence electrons. The van der Waals surface area contributed by atoms with E-state index in [1.54, 1.807) is 42.3 Å². The molecule has 4 rings (SSSR count). The predicted octanol–water partition coefficient (Wildman–Crippen LogP) is 4.03. The Bertz CT molecular complexity index is 1100. The molecule has 0 saturated heterocycles. The van der Waals surface area contributed by atoms with Crippen LogP contribution in [0.2, 0.25) is 0 Å². The summed E-state index contributed by atoms with van der Waals surface area (Å²) in [5, 5.41) is 6.91. The summed E-state index contributed by atoms with van der Waals surface area (Å²) in [6, 6.07) is 14.8. The van der Waals surface area contributed by atoms with Crippen LogP contribution >= 0.6 is 0 Å². The van der Waals surface area contributed by atoms with Crippen molar-refractivity contribution < 1.29 is 18.8 Å². The van der Waals surface area contributed by atoms with Crippen molar-refractivity contribution in [2.45, 2.75) is 45.9 Å². The third-order valence-electron chi connectivity index (χ3n) is 5.54. The molecule has 1 fully saturated rings. The van der Waals surface area contributed by atoms with Gasteiger partial charge in [0.05, 0.1) is 11.3 Å². The van der Waals surface area contributed by atoms with Crippen LogP contribution in [-0.4, -0.2) is 35.0 Å². The van der Waals surface area contributed by atoms with Gasteiger partial charge in [0.1, 0.15) is 18.1 Å². The lowest BCUT2D eigenvalue weighted by molar-refractivity contribution is 0.0784. The fourth-order valence-electron chi connectivity index (χ4n) is 3.41. The Morgan fingerprint density at radius 3 is 2.53 bits per heavy atom. The van der Waals surface area contributed by atoms with E-state index in [1.807, 2.05) is 32.0 Å². The predicted molar refractivity (Wildman–Crippen MR) is 119 cm³/mol. The Hall–Kier alpha value is -3.61. The number of benzene rings is 2. The van der Waals surface area contributed by atoms with E-state index in [4.69, 9.17) is 9.26 Å². The molecule has 0 spiro atoms. The van der Waals surface area contributed by atoms with Crippen molar-refractivity contribution in [1.82, 2.24) is 15.4 Å². The van der Waals surface area contributed by atoms with E-state index in [2.05, 4.69) is 10.5 Å². The summed E-state index contributed by atoms with van der Waals surface area (Å²) in [7, 11) is 1.76. The fourth-order valence-corrected chi connectivity index (χ4v) is 3.41. The summed E-state index contributed by atoms with van der Waals surface area (Å²) in [6.45, 7) is 4.48. The number of carbonyl (C=O) groups is 2. The van der Waals surface area contributed by atoms with Gasteiger partial charge in [0.15, 0.2) is 0 Å². The quantitative estimate of drug-likeness (QED) is 0.580. The largest absolute Gasteiger partial charge is 0.489 e. The van der Waals surface area contributed by atoms with E-state index in [-0.39, 0.29) is 11.8 Å². The molecule has 1 N–H and O–H groups in total. The minimum atomic E-state index is -0.108. The maximum Gasteiger partial charge on any atom is 0.254 e. The van der Waals surface area contributed by atoms with Crippen LogP contribution in [0.15, 0.2) is 53.1 Å². The topological polar surface area (TPSA) is 84.7 Å². The maximum absolute atomic E-state index is 12.9. The van der Waals surface area contributed by atoms with Crippen LogP contribution in [0, 0.1) is 13.8 Å². The number of amides is 2. The molecular formula is C25H27N3O4. The van der Waals surface area contributed by atoms with Crippen LogP contribution in [-0.2, 0) is 13.2 Å². The van der Waals surface area contributed by atoms with Crippen LogP contribution in [0.4, 0.5) is 0 Å². The smallest absolute Gasteiger partial charge is 0.254 e. The van der Waals surface area contributed by atoms with Gasteiger partial charge in [-0.25, -0.2) is 0 Å². The first-order valence-electron chi connectivity index (χ1n) is 10.7. The SMILES string of the molecule is Cc1noc(C)c1COc1cccc(C(=O)N(C)Cc2ccc(C(=O)NC3CC3)cc2)c1. The average molecular weight is 434 g/mol. The third kappa shape index (κ3) is 5.17. The van der Waals surface area contributed by atoms with E-state index < -0.39 is 0 Å². The Balaban J connectivity index is 1.36. The van der Waals surface area contributed by atoms with Gasteiger partial charge in [-0.05, 0) is 62.6 Å². The molecule has 1 aliphatic rings. The summed E-state index contributed by atoms with van der Waals surface area (Å²) < 4.78 is 11.0. The highest BCUT2D eigenvalue weighted by Gasteiger charge is 2.23. The average Bonchev–Trinajstić information content (AvgIpc) is 3.55. The lowest BCUT2D eigenvalue weighted by Gasteiger charge is -2.18. The normalized spacial score (nSPS) is 13.0. The number of nitrogens with zero attached hydrogens (tertiary/aromatic N) is 2. The summed E-state index contributed by atoms with van der Waals surface area (Å²) in [5.74, 6) is 1.18. The number of carbonyl (C=O) groups excluding carboxylic acids is 2. The number of ether oxygens (including phenoxy) is 1. The summed E-state index contributed by atoms with van der Waals surface area (Å²) in [6.07, 6.45) is 2.12. The zero-order valence-electron chi connectivity index (χ0n) is 18.6. The van der Waals surface area contributed by atoms with E-state index in [1.165, 1.54) is 0 Å². The van der Waals surface area contributed by atoms with Crippen molar-refractivity contribution in [3.8, 4) is 5.75 Å². The van der Waals surface area contributed by atoms with Gasteiger partial charge in [0.2, 0.25) is 0 Å². The fraction of sp³-hybridized carbons (Fsp3) is 0.320. The zero-order chi connectivity index (χ0) is 22.7. The Labute approximate surface area is 187 Å². The van der Waals surface area contributed by atoms with E-state index in [0.29, 0.717) is 36.1 Å². The van der Waals surface area contributed by atoms with Gasteiger partial charge in [0, 0.05) is 30.8 Å². The van der Waals surface area contributed by atoms with Crippen molar-refractivity contribution in [3.63, 3.8) is 0 Å². The number of hydrogen-bond donors (Lipinski definition) is 1. The molecule has 1 heterocycles. The van der Waals surface area contributed by atoms with E-state index >= 15 is 0 Å². The molecule has 0 aliphatic heterocycles. The van der Waals surface area contributed by atoms with Crippen LogP contribution in [0.25, 0.3) is 0 Å². The highest BCUT2D eigenvalue weighted by molar-refractivity contribution is 5.95. The molecule has 2 aromatic carbocycles. The number of aryl methyl sites for hydroxylation is 2. The first kappa shape index (κ1) is 21.6. The van der Waals surface area contributed by atoms with Crippen molar-refractivity contribution in [2.24, 2.45) is 0 Å². The van der Waals surface area contributed by atoms with Gasteiger partial charge in [-0.15, -0.1) is 0 Å². The Kier molecular flexibility index (Phi) is 6.25. The van der Waals surface area contributed by atoms with Crippen molar-refractivity contribution >= 4 is 11.8 Å². The molecule has 0 unspecified atom stereocenters. The molecule has 0 bridgehead atoms. The molecule has 0 atom stereocenters. The van der Waals surface area contributed by atoms with Crippen LogP contribution in [0.3, 0.4) is 0 Å². The Morgan fingerprint density at radius 2 is 1.88 bits per heavy atom. The number of nitrogens with one attached hydrogen (secondary N) is 1. The summed E-state index contributed by atoms with van der Waals surface area (Å²) in [5.41, 5.74) is 3.84. The molecular weight excluding hydrogens is 406 g/mol. The minimum Gasteiger partial charge on any atom is -0.489 e. The second kappa shape index (κ2) is 9.26. The second-order valence-corrected chi connectivity index (χ2v) is 8.23. The molecule has 32 heavy (non-hydrogen) atoms. The van der Waals surface area contributed by atoms with E-state index in [9.17, 15) is 9.59 Å². The first-order chi connectivity index (χ1) is 15.4.